The Balaban J connectivity index is 2.43. The number of nitrogens with one attached hydrogen (secondary N) is 1. The first-order valence-corrected chi connectivity index (χ1v) is 7.98. The van der Waals surface area contributed by atoms with Gasteiger partial charge in [-0.15, -0.1) is 0 Å². The van der Waals surface area contributed by atoms with Crippen molar-refractivity contribution in [3.63, 3.8) is 0 Å². The molecule has 1 atom stereocenters. The number of rotatable bonds is 6. The number of carbonyl (C=O) groups is 1. The summed E-state index contributed by atoms with van der Waals surface area (Å²) in [4.78, 5) is 11.9. The van der Waals surface area contributed by atoms with E-state index < -0.39 is 5.60 Å². The lowest BCUT2D eigenvalue weighted by Crippen LogP contribution is -2.42. The second-order valence-electron chi connectivity index (χ2n) is 6.74. The minimum Gasteiger partial charge on any atom is -0.444 e. The van der Waals surface area contributed by atoms with Gasteiger partial charge < -0.3 is 14.8 Å². The van der Waals surface area contributed by atoms with Crippen LogP contribution in [0.3, 0.4) is 0 Å². The third kappa shape index (κ3) is 7.73. The Morgan fingerprint density at radius 3 is 2.45 bits per heavy atom. The Morgan fingerprint density at radius 1 is 1.25 bits per heavy atom. The van der Waals surface area contributed by atoms with Crippen molar-refractivity contribution in [2.75, 3.05) is 13.2 Å². The number of ether oxygens (including phenoxy) is 2. The molecule has 0 bridgehead atoms. The van der Waals surface area contributed by atoms with E-state index in [1.165, 1.54) is 32.1 Å². The van der Waals surface area contributed by atoms with Crippen LogP contribution >= 0.6 is 0 Å². The normalized spacial score (nSPS) is 18.6. The van der Waals surface area contributed by atoms with Gasteiger partial charge in [0.2, 0.25) is 0 Å². The smallest absolute Gasteiger partial charge is 0.407 e. The molecule has 1 amide bonds. The van der Waals surface area contributed by atoms with Gasteiger partial charge in [-0.1, -0.05) is 32.1 Å². The summed E-state index contributed by atoms with van der Waals surface area (Å²) in [6.45, 7) is 8.87. The lowest BCUT2D eigenvalue weighted by Gasteiger charge is -2.28. The third-order valence-corrected chi connectivity index (χ3v) is 3.59. The van der Waals surface area contributed by atoms with Crippen LogP contribution in [-0.4, -0.2) is 30.9 Å². The van der Waals surface area contributed by atoms with E-state index in [9.17, 15) is 4.79 Å². The molecule has 0 aliphatic heterocycles. The minimum atomic E-state index is -0.453. The first-order chi connectivity index (χ1) is 9.40. The van der Waals surface area contributed by atoms with Crippen molar-refractivity contribution in [2.24, 2.45) is 5.92 Å². The number of hydrogen-bond acceptors (Lipinski definition) is 3. The van der Waals surface area contributed by atoms with Crippen molar-refractivity contribution >= 4 is 6.09 Å². The van der Waals surface area contributed by atoms with E-state index in [4.69, 9.17) is 9.47 Å². The molecule has 0 spiro atoms. The summed E-state index contributed by atoms with van der Waals surface area (Å²) in [5.74, 6) is 0.712. The third-order valence-electron chi connectivity index (χ3n) is 3.59. The van der Waals surface area contributed by atoms with Crippen LogP contribution in [-0.2, 0) is 9.47 Å². The van der Waals surface area contributed by atoms with Crippen molar-refractivity contribution in [1.82, 2.24) is 5.32 Å². The van der Waals surface area contributed by atoms with Gasteiger partial charge in [0, 0.05) is 6.61 Å². The first kappa shape index (κ1) is 17.3. The van der Waals surface area contributed by atoms with Crippen LogP contribution in [0.1, 0.15) is 66.2 Å². The van der Waals surface area contributed by atoms with Gasteiger partial charge in [0.1, 0.15) is 5.60 Å². The fraction of sp³-hybridized carbons (Fsp3) is 0.938. The maximum absolute atomic E-state index is 11.9. The van der Waals surface area contributed by atoms with E-state index in [0.29, 0.717) is 19.1 Å². The molecule has 118 valence electrons. The number of amides is 1. The number of carbonyl (C=O) groups excluding carboxylic acids is 1. The van der Waals surface area contributed by atoms with E-state index in [-0.39, 0.29) is 12.1 Å². The molecule has 0 aromatic rings. The average Bonchev–Trinajstić information content (AvgIpc) is 2.35. The van der Waals surface area contributed by atoms with Gasteiger partial charge in [-0.25, -0.2) is 4.79 Å². The molecule has 1 fully saturated rings. The second kappa shape index (κ2) is 8.50. The Hall–Kier alpha value is -0.770. The van der Waals surface area contributed by atoms with Crippen molar-refractivity contribution in [3.05, 3.63) is 0 Å². The molecule has 1 N–H and O–H groups in total. The topological polar surface area (TPSA) is 47.6 Å². The highest BCUT2D eigenvalue weighted by molar-refractivity contribution is 5.68. The predicted molar refractivity (Wildman–Crippen MR) is 80.8 cm³/mol. The SMILES string of the molecule is CCOCC(CC1CCCCC1)NC(=O)OC(C)(C)C. The van der Waals surface area contributed by atoms with Crippen molar-refractivity contribution in [2.45, 2.75) is 77.9 Å². The van der Waals surface area contributed by atoms with Crippen molar-refractivity contribution in [3.8, 4) is 0 Å². The zero-order valence-corrected chi connectivity index (χ0v) is 13.5. The van der Waals surface area contributed by atoms with E-state index >= 15 is 0 Å². The zero-order valence-electron chi connectivity index (χ0n) is 13.5. The van der Waals surface area contributed by atoms with Crippen LogP contribution in [0.2, 0.25) is 0 Å². The lowest BCUT2D eigenvalue weighted by atomic mass is 9.85. The Labute approximate surface area is 123 Å². The molecule has 1 rings (SSSR count). The van der Waals surface area contributed by atoms with Crippen molar-refractivity contribution in [1.29, 1.82) is 0 Å². The average molecular weight is 285 g/mol. The lowest BCUT2D eigenvalue weighted by molar-refractivity contribution is 0.0427. The largest absolute Gasteiger partial charge is 0.444 e. The second-order valence-corrected chi connectivity index (χ2v) is 6.74. The molecule has 0 aromatic heterocycles. The van der Waals surface area contributed by atoms with Gasteiger partial charge in [0.25, 0.3) is 0 Å². The highest BCUT2D eigenvalue weighted by Gasteiger charge is 2.23. The van der Waals surface area contributed by atoms with E-state index in [1.54, 1.807) is 0 Å². The van der Waals surface area contributed by atoms with Gasteiger partial charge in [-0.2, -0.15) is 0 Å². The fourth-order valence-electron chi connectivity index (χ4n) is 2.73. The van der Waals surface area contributed by atoms with Gasteiger partial charge in [-0.05, 0) is 40.0 Å². The molecule has 0 heterocycles. The van der Waals surface area contributed by atoms with E-state index in [2.05, 4.69) is 5.32 Å². The first-order valence-electron chi connectivity index (χ1n) is 7.98. The van der Waals surface area contributed by atoms with Gasteiger partial charge in [0.15, 0.2) is 0 Å². The van der Waals surface area contributed by atoms with Crippen LogP contribution in [0.5, 0.6) is 0 Å². The number of hydrogen-bond donors (Lipinski definition) is 1. The zero-order chi connectivity index (χ0) is 15.0. The van der Waals surface area contributed by atoms with Gasteiger partial charge in [-0.3, -0.25) is 0 Å². The Bertz CT molecular complexity index is 280. The van der Waals surface area contributed by atoms with Crippen LogP contribution in [0, 0.1) is 5.92 Å². The van der Waals surface area contributed by atoms with Crippen LogP contribution in [0.4, 0.5) is 4.79 Å². The highest BCUT2D eigenvalue weighted by atomic mass is 16.6. The molecule has 20 heavy (non-hydrogen) atoms. The molecule has 0 saturated heterocycles. The molecule has 1 unspecified atom stereocenters. The Kier molecular flexibility index (Phi) is 7.35. The fourth-order valence-corrected chi connectivity index (χ4v) is 2.73. The quantitative estimate of drug-likeness (QED) is 0.805. The molecule has 4 heteroatoms. The van der Waals surface area contributed by atoms with E-state index in [1.807, 2.05) is 27.7 Å². The maximum atomic E-state index is 11.9. The molecule has 4 nitrogen and oxygen atoms in total. The maximum Gasteiger partial charge on any atom is 0.407 e. The minimum absolute atomic E-state index is 0.0629. The summed E-state index contributed by atoms with van der Waals surface area (Å²) < 4.78 is 10.8. The van der Waals surface area contributed by atoms with Crippen molar-refractivity contribution < 1.29 is 14.3 Å². The summed E-state index contributed by atoms with van der Waals surface area (Å²) >= 11 is 0. The highest BCUT2D eigenvalue weighted by Crippen LogP contribution is 2.27. The van der Waals surface area contributed by atoms with Crippen LogP contribution < -0.4 is 5.32 Å². The molecular formula is C16H31NO3. The molecule has 1 aliphatic carbocycles. The number of alkyl carbamates (subject to hydrolysis) is 1. The Morgan fingerprint density at radius 2 is 1.90 bits per heavy atom. The standard InChI is InChI=1S/C16H31NO3/c1-5-19-12-14(11-13-9-7-6-8-10-13)17-15(18)20-16(2,3)4/h13-14H,5-12H2,1-4H3,(H,17,18). The molecule has 0 aromatic carbocycles. The summed E-state index contributed by atoms with van der Waals surface area (Å²) in [5, 5.41) is 2.97. The molecule has 1 aliphatic rings. The molecule has 1 saturated carbocycles. The van der Waals surface area contributed by atoms with Crippen LogP contribution in [0.15, 0.2) is 0 Å². The summed E-state index contributed by atoms with van der Waals surface area (Å²) in [5.41, 5.74) is -0.453. The summed E-state index contributed by atoms with van der Waals surface area (Å²) in [6.07, 6.45) is 7.21. The summed E-state index contributed by atoms with van der Waals surface area (Å²) in [7, 11) is 0. The molecule has 0 radical (unpaired) electrons. The van der Waals surface area contributed by atoms with Gasteiger partial charge in [0.05, 0.1) is 12.6 Å². The predicted octanol–water partition coefficient (Wildman–Crippen LogP) is 3.89. The van der Waals surface area contributed by atoms with Gasteiger partial charge >= 0.3 is 6.09 Å². The monoisotopic (exact) mass is 285 g/mol. The summed E-state index contributed by atoms with van der Waals surface area (Å²) in [6, 6.07) is 0.0629. The van der Waals surface area contributed by atoms with E-state index in [0.717, 1.165) is 6.42 Å². The van der Waals surface area contributed by atoms with Crippen LogP contribution in [0.25, 0.3) is 0 Å². The molecular weight excluding hydrogens is 254 g/mol.